The van der Waals surface area contributed by atoms with Crippen LogP contribution in [-0.2, 0) is 6.42 Å². The molecule has 0 radical (unpaired) electrons. The summed E-state index contributed by atoms with van der Waals surface area (Å²) in [4.78, 5) is 23.8. The van der Waals surface area contributed by atoms with Crippen LogP contribution in [0.15, 0.2) is 48.7 Å². The van der Waals surface area contributed by atoms with Crippen LogP contribution in [-0.4, -0.2) is 53.6 Å². The fraction of sp³-hybridized carbons (Fsp3) is 0.346. The first kappa shape index (κ1) is 25.2. The number of likely N-dealkylation sites (tertiary alicyclic amines) is 1. The van der Waals surface area contributed by atoms with Crippen molar-refractivity contribution >= 4 is 34.9 Å². The van der Waals surface area contributed by atoms with E-state index in [1.165, 1.54) is 12.8 Å². The molecular formula is C26H29Cl2N5O2. The Labute approximate surface area is 215 Å². The maximum atomic E-state index is 12.6. The molecule has 2 aromatic carbocycles. The number of nitrogen functional groups attached to an aromatic ring is 1. The number of carbonyl (C=O) groups is 1. The van der Waals surface area contributed by atoms with E-state index in [9.17, 15) is 4.79 Å². The van der Waals surface area contributed by atoms with E-state index in [2.05, 4.69) is 20.2 Å². The predicted octanol–water partition coefficient (Wildman–Crippen LogP) is 4.87. The van der Waals surface area contributed by atoms with Gasteiger partial charge in [0.15, 0.2) is 5.82 Å². The predicted molar refractivity (Wildman–Crippen MR) is 140 cm³/mol. The molecule has 0 unspecified atom stereocenters. The van der Waals surface area contributed by atoms with Crippen LogP contribution in [0, 0.1) is 0 Å². The first-order chi connectivity index (χ1) is 17.0. The quantitative estimate of drug-likeness (QED) is 0.375. The van der Waals surface area contributed by atoms with E-state index < -0.39 is 0 Å². The second kappa shape index (κ2) is 12.2. The molecule has 184 valence electrons. The minimum Gasteiger partial charge on any atom is -0.475 e. The van der Waals surface area contributed by atoms with Crippen molar-refractivity contribution in [2.24, 2.45) is 0 Å². The van der Waals surface area contributed by atoms with Crippen molar-refractivity contribution in [2.75, 3.05) is 38.5 Å². The molecule has 1 saturated heterocycles. The minimum absolute atomic E-state index is 0.107. The zero-order valence-corrected chi connectivity index (χ0v) is 21.0. The molecule has 0 saturated carbocycles. The van der Waals surface area contributed by atoms with Crippen molar-refractivity contribution in [1.29, 1.82) is 0 Å². The van der Waals surface area contributed by atoms with Crippen LogP contribution in [0.1, 0.15) is 35.2 Å². The number of rotatable bonds is 10. The lowest BCUT2D eigenvalue weighted by Gasteiger charge is -2.14. The molecule has 0 atom stereocenters. The highest BCUT2D eigenvalue weighted by molar-refractivity contribution is 6.36. The highest BCUT2D eigenvalue weighted by Gasteiger charge is 2.13. The Bertz CT molecular complexity index is 1150. The van der Waals surface area contributed by atoms with Crippen molar-refractivity contribution in [1.82, 2.24) is 20.2 Å². The summed E-state index contributed by atoms with van der Waals surface area (Å²) in [6.07, 6.45) is 5.55. The summed E-state index contributed by atoms with van der Waals surface area (Å²) in [6, 6.07) is 12.6. The van der Waals surface area contributed by atoms with Gasteiger partial charge in [-0.25, -0.2) is 9.97 Å². The van der Waals surface area contributed by atoms with Gasteiger partial charge in [-0.3, -0.25) is 4.79 Å². The van der Waals surface area contributed by atoms with Gasteiger partial charge in [-0.1, -0.05) is 41.4 Å². The Hall–Kier alpha value is -2.87. The fourth-order valence-corrected chi connectivity index (χ4v) is 4.67. The third-order valence-electron chi connectivity index (χ3n) is 5.98. The number of nitrogens with one attached hydrogen (secondary N) is 1. The van der Waals surface area contributed by atoms with E-state index >= 15 is 0 Å². The Morgan fingerprint density at radius 1 is 1.11 bits per heavy atom. The molecule has 0 aliphatic carbocycles. The zero-order valence-electron chi connectivity index (χ0n) is 19.5. The van der Waals surface area contributed by atoms with Crippen LogP contribution in [0.2, 0.25) is 10.0 Å². The van der Waals surface area contributed by atoms with E-state index in [0.29, 0.717) is 34.3 Å². The number of ether oxygens (including phenoxy) is 1. The van der Waals surface area contributed by atoms with Crippen LogP contribution in [0.3, 0.4) is 0 Å². The molecule has 1 fully saturated rings. The minimum atomic E-state index is -0.107. The Balaban J connectivity index is 1.36. The molecule has 1 aromatic heterocycles. The number of hydrogen-bond acceptors (Lipinski definition) is 6. The van der Waals surface area contributed by atoms with Gasteiger partial charge in [-0.05, 0) is 68.7 Å². The van der Waals surface area contributed by atoms with E-state index in [1.807, 2.05) is 12.1 Å². The molecule has 7 nitrogen and oxygen atoms in total. The topological polar surface area (TPSA) is 93.4 Å². The molecule has 0 bridgehead atoms. The lowest BCUT2D eigenvalue weighted by Crippen LogP contribution is -2.28. The van der Waals surface area contributed by atoms with Gasteiger partial charge in [0, 0.05) is 34.1 Å². The van der Waals surface area contributed by atoms with E-state index in [4.69, 9.17) is 33.7 Å². The van der Waals surface area contributed by atoms with E-state index in [-0.39, 0.29) is 24.2 Å². The average Bonchev–Trinajstić information content (AvgIpc) is 3.38. The van der Waals surface area contributed by atoms with Gasteiger partial charge >= 0.3 is 0 Å². The van der Waals surface area contributed by atoms with Crippen molar-refractivity contribution in [3.63, 3.8) is 0 Å². The van der Waals surface area contributed by atoms with Gasteiger partial charge in [0.05, 0.1) is 18.5 Å². The van der Waals surface area contributed by atoms with E-state index in [0.717, 1.165) is 37.2 Å². The van der Waals surface area contributed by atoms with Crippen LogP contribution in [0.25, 0.3) is 11.3 Å². The van der Waals surface area contributed by atoms with Crippen molar-refractivity contribution in [3.8, 4) is 17.1 Å². The van der Waals surface area contributed by atoms with Gasteiger partial charge in [0.2, 0.25) is 0 Å². The molecule has 3 N–H and O–H groups in total. The van der Waals surface area contributed by atoms with E-state index in [1.54, 1.807) is 36.5 Å². The van der Waals surface area contributed by atoms with Crippen LogP contribution < -0.4 is 15.8 Å². The molecule has 1 aliphatic heterocycles. The Morgan fingerprint density at radius 2 is 1.86 bits per heavy atom. The first-order valence-corrected chi connectivity index (χ1v) is 12.6. The second-order valence-corrected chi connectivity index (χ2v) is 9.30. The number of anilines is 1. The molecule has 3 aromatic rings. The summed E-state index contributed by atoms with van der Waals surface area (Å²) in [7, 11) is 0. The number of benzene rings is 2. The Morgan fingerprint density at radius 3 is 2.63 bits per heavy atom. The van der Waals surface area contributed by atoms with Crippen molar-refractivity contribution in [3.05, 3.63) is 69.8 Å². The molecular weight excluding hydrogens is 485 g/mol. The number of amides is 1. The maximum absolute atomic E-state index is 12.6. The monoisotopic (exact) mass is 513 g/mol. The van der Waals surface area contributed by atoms with Crippen molar-refractivity contribution < 1.29 is 9.53 Å². The number of nitrogens with zero attached hydrogens (tertiary/aromatic N) is 3. The van der Waals surface area contributed by atoms with Gasteiger partial charge in [-0.2, -0.15) is 0 Å². The van der Waals surface area contributed by atoms with Gasteiger partial charge < -0.3 is 20.7 Å². The first-order valence-electron chi connectivity index (χ1n) is 11.8. The standard InChI is InChI=1S/C26H29Cl2N5O2/c27-21-8-4-9-22(28)20(21)10-15-35-26-24(29)31-17-23(32-26)18-6-3-7-19(16-18)25(34)30-11-5-14-33-12-1-2-13-33/h3-4,6-9,16-17H,1-2,5,10-15H2,(H2,29,31)(H,30,34). The molecule has 1 amide bonds. The normalized spacial score (nSPS) is 13.7. The Kier molecular flexibility index (Phi) is 8.79. The third-order valence-corrected chi connectivity index (χ3v) is 6.68. The highest BCUT2D eigenvalue weighted by atomic mass is 35.5. The number of hydrogen-bond donors (Lipinski definition) is 2. The average molecular weight is 514 g/mol. The number of nitrogens with two attached hydrogens (primary N) is 1. The molecule has 0 spiro atoms. The van der Waals surface area contributed by atoms with Crippen molar-refractivity contribution in [2.45, 2.75) is 25.7 Å². The fourth-order valence-electron chi connectivity index (χ4n) is 4.08. The summed E-state index contributed by atoms with van der Waals surface area (Å²) < 4.78 is 5.80. The number of aromatic nitrogens is 2. The highest BCUT2D eigenvalue weighted by Crippen LogP contribution is 2.26. The molecule has 9 heteroatoms. The van der Waals surface area contributed by atoms with Crippen LogP contribution in [0.4, 0.5) is 5.82 Å². The second-order valence-electron chi connectivity index (χ2n) is 8.48. The SMILES string of the molecule is Nc1ncc(-c2cccc(C(=O)NCCCN3CCCC3)c2)nc1OCCc1c(Cl)cccc1Cl. The molecule has 35 heavy (non-hydrogen) atoms. The zero-order chi connectivity index (χ0) is 24.6. The van der Waals surface area contributed by atoms with Gasteiger partial charge in [0.1, 0.15) is 0 Å². The lowest BCUT2D eigenvalue weighted by atomic mass is 10.1. The molecule has 2 heterocycles. The van der Waals surface area contributed by atoms with Gasteiger partial charge in [-0.15, -0.1) is 0 Å². The van der Waals surface area contributed by atoms with Crippen LogP contribution in [0.5, 0.6) is 5.88 Å². The number of halogens is 2. The number of carbonyl (C=O) groups excluding carboxylic acids is 1. The summed E-state index contributed by atoms with van der Waals surface area (Å²) in [5, 5.41) is 4.17. The largest absolute Gasteiger partial charge is 0.475 e. The molecule has 4 rings (SSSR count). The smallest absolute Gasteiger partial charge is 0.257 e. The van der Waals surface area contributed by atoms with Gasteiger partial charge in [0.25, 0.3) is 11.8 Å². The lowest BCUT2D eigenvalue weighted by molar-refractivity contribution is 0.0952. The summed E-state index contributed by atoms with van der Waals surface area (Å²) >= 11 is 12.5. The summed E-state index contributed by atoms with van der Waals surface area (Å²) in [5.41, 5.74) is 8.67. The summed E-state index contributed by atoms with van der Waals surface area (Å²) in [6.45, 7) is 4.28. The molecule has 1 aliphatic rings. The summed E-state index contributed by atoms with van der Waals surface area (Å²) in [5.74, 6) is 0.304. The maximum Gasteiger partial charge on any atom is 0.257 e. The third kappa shape index (κ3) is 6.84. The van der Waals surface area contributed by atoms with Crippen LogP contribution >= 0.6 is 23.2 Å².